The summed E-state index contributed by atoms with van der Waals surface area (Å²) in [5, 5.41) is 0. The van der Waals surface area contributed by atoms with E-state index in [9.17, 15) is 0 Å². The van der Waals surface area contributed by atoms with Gasteiger partial charge in [0.1, 0.15) is 0 Å². The number of hydrogen-bond donors (Lipinski definition) is 0. The van der Waals surface area contributed by atoms with Gasteiger partial charge in [-0.05, 0) is 43.9 Å². The fraction of sp³-hybridized carbons (Fsp3) is 0.647. The highest BCUT2D eigenvalue weighted by Gasteiger charge is 2.29. The van der Waals surface area contributed by atoms with E-state index in [0.29, 0.717) is 12.0 Å². The monoisotopic (exact) mass is 278 g/mol. The van der Waals surface area contributed by atoms with Crippen LogP contribution < -0.4 is 9.47 Å². The van der Waals surface area contributed by atoms with Crippen LogP contribution in [-0.2, 0) is 4.74 Å². The van der Waals surface area contributed by atoms with E-state index in [4.69, 9.17) is 14.2 Å². The van der Waals surface area contributed by atoms with Gasteiger partial charge in [-0.2, -0.15) is 0 Å². The Kier molecular flexibility index (Phi) is 5.30. The quantitative estimate of drug-likeness (QED) is 0.809. The average molecular weight is 278 g/mol. The fourth-order valence-electron chi connectivity index (χ4n) is 3.12. The van der Waals surface area contributed by atoms with Crippen LogP contribution in [0.25, 0.3) is 0 Å². The first kappa shape index (κ1) is 15.2. The summed E-state index contributed by atoms with van der Waals surface area (Å²) < 4.78 is 16.8. The highest BCUT2D eigenvalue weighted by atomic mass is 16.5. The molecule has 0 N–H and O–H groups in total. The Bertz CT molecular complexity index is 430. The van der Waals surface area contributed by atoms with Gasteiger partial charge in [0.2, 0.25) is 0 Å². The van der Waals surface area contributed by atoms with Crippen molar-refractivity contribution in [3.05, 3.63) is 23.8 Å². The van der Waals surface area contributed by atoms with Crippen molar-refractivity contribution in [3.8, 4) is 11.5 Å². The highest BCUT2D eigenvalue weighted by Crippen LogP contribution is 2.38. The molecule has 0 radical (unpaired) electrons. The maximum Gasteiger partial charge on any atom is 0.160 e. The molecule has 3 heteroatoms. The van der Waals surface area contributed by atoms with Crippen molar-refractivity contribution in [2.24, 2.45) is 0 Å². The Hall–Kier alpha value is -1.22. The number of rotatable bonds is 5. The number of ether oxygens (including phenoxy) is 3. The van der Waals surface area contributed by atoms with Gasteiger partial charge in [-0.1, -0.05) is 19.4 Å². The second-order valence-corrected chi connectivity index (χ2v) is 5.55. The summed E-state index contributed by atoms with van der Waals surface area (Å²) in [6.45, 7) is 4.40. The summed E-state index contributed by atoms with van der Waals surface area (Å²) in [7, 11) is 3.35. The van der Waals surface area contributed by atoms with Gasteiger partial charge >= 0.3 is 0 Å². The van der Waals surface area contributed by atoms with E-state index in [1.54, 1.807) is 14.2 Å². The Morgan fingerprint density at radius 1 is 1.15 bits per heavy atom. The molecule has 1 heterocycles. The maximum atomic E-state index is 6.15. The first-order valence-corrected chi connectivity index (χ1v) is 7.57. The topological polar surface area (TPSA) is 27.7 Å². The van der Waals surface area contributed by atoms with Crippen molar-refractivity contribution in [2.75, 3.05) is 14.2 Å². The van der Waals surface area contributed by atoms with Gasteiger partial charge in [0, 0.05) is 5.92 Å². The lowest BCUT2D eigenvalue weighted by atomic mass is 9.85. The zero-order valence-corrected chi connectivity index (χ0v) is 13.0. The van der Waals surface area contributed by atoms with E-state index in [-0.39, 0.29) is 6.10 Å². The van der Waals surface area contributed by atoms with Gasteiger partial charge in [-0.25, -0.2) is 0 Å². The SMILES string of the molecule is CCC[C@H]1CC[C@H](c2ccc(OC)c(OC)c2)[C@@H](C)O1. The van der Waals surface area contributed by atoms with Gasteiger partial charge in [0.15, 0.2) is 11.5 Å². The molecule has 1 aliphatic rings. The Morgan fingerprint density at radius 3 is 2.50 bits per heavy atom. The van der Waals surface area contributed by atoms with Crippen LogP contribution in [0.5, 0.6) is 11.5 Å². The minimum Gasteiger partial charge on any atom is -0.493 e. The van der Waals surface area contributed by atoms with Crippen molar-refractivity contribution in [3.63, 3.8) is 0 Å². The molecule has 0 aromatic heterocycles. The van der Waals surface area contributed by atoms with E-state index in [1.807, 2.05) is 6.07 Å². The molecular formula is C17H26O3. The Morgan fingerprint density at radius 2 is 1.90 bits per heavy atom. The molecule has 0 amide bonds. The molecule has 1 aliphatic heterocycles. The summed E-state index contributed by atoms with van der Waals surface area (Å²) in [5.41, 5.74) is 1.28. The highest BCUT2D eigenvalue weighted by molar-refractivity contribution is 5.44. The van der Waals surface area contributed by atoms with Crippen LogP contribution >= 0.6 is 0 Å². The number of hydrogen-bond acceptors (Lipinski definition) is 3. The van der Waals surface area contributed by atoms with E-state index in [1.165, 1.54) is 24.8 Å². The van der Waals surface area contributed by atoms with Crippen LogP contribution in [-0.4, -0.2) is 26.4 Å². The predicted octanol–water partition coefficient (Wildman–Crippen LogP) is 4.16. The molecule has 3 nitrogen and oxygen atoms in total. The van der Waals surface area contributed by atoms with Crippen molar-refractivity contribution in [1.29, 1.82) is 0 Å². The predicted molar refractivity (Wildman–Crippen MR) is 80.8 cm³/mol. The molecular weight excluding hydrogens is 252 g/mol. The van der Waals surface area contributed by atoms with Crippen LogP contribution in [0.1, 0.15) is 51.0 Å². The second-order valence-electron chi connectivity index (χ2n) is 5.55. The lowest BCUT2D eigenvalue weighted by molar-refractivity contribution is -0.0564. The first-order chi connectivity index (χ1) is 9.69. The van der Waals surface area contributed by atoms with Gasteiger partial charge in [-0.15, -0.1) is 0 Å². The van der Waals surface area contributed by atoms with E-state index >= 15 is 0 Å². The van der Waals surface area contributed by atoms with Crippen LogP contribution in [0, 0.1) is 0 Å². The molecule has 1 saturated heterocycles. The van der Waals surface area contributed by atoms with Crippen molar-refractivity contribution >= 4 is 0 Å². The normalized spacial score (nSPS) is 26.3. The molecule has 1 aromatic carbocycles. The standard InChI is InChI=1S/C17H26O3/c1-5-6-14-8-9-15(12(2)20-14)13-7-10-16(18-3)17(11-13)19-4/h7,10-12,14-15H,5-6,8-9H2,1-4H3/t12-,14+,15+/m1/s1. The minimum atomic E-state index is 0.262. The summed E-state index contributed by atoms with van der Waals surface area (Å²) >= 11 is 0. The van der Waals surface area contributed by atoms with Crippen LogP contribution in [0.3, 0.4) is 0 Å². The zero-order chi connectivity index (χ0) is 14.5. The molecule has 1 fully saturated rings. The lowest BCUT2D eigenvalue weighted by Crippen LogP contribution is -2.31. The van der Waals surface area contributed by atoms with Crippen LogP contribution in [0.2, 0.25) is 0 Å². The molecule has 20 heavy (non-hydrogen) atoms. The summed E-state index contributed by atoms with van der Waals surface area (Å²) in [5.74, 6) is 2.03. The molecule has 3 atom stereocenters. The molecule has 0 saturated carbocycles. The summed E-state index contributed by atoms with van der Waals surface area (Å²) in [6, 6.07) is 6.20. The van der Waals surface area contributed by atoms with Crippen molar-refractivity contribution < 1.29 is 14.2 Å². The Labute approximate surface area is 122 Å². The van der Waals surface area contributed by atoms with E-state index in [0.717, 1.165) is 17.9 Å². The van der Waals surface area contributed by atoms with Gasteiger partial charge in [-0.3, -0.25) is 0 Å². The molecule has 0 aliphatic carbocycles. The van der Waals surface area contributed by atoms with E-state index < -0.39 is 0 Å². The third-order valence-corrected chi connectivity index (χ3v) is 4.22. The van der Waals surface area contributed by atoms with Crippen molar-refractivity contribution in [1.82, 2.24) is 0 Å². The minimum absolute atomic E-state index is 0.262. The number of benzene rings is 1. The molecule has 0 unspecified atom stereocenters. The second kappa shape index (κ2) is 6.98. The number of methoxy groups -OCH3 is 2. The van der Waals surface area contributed by atoms with E-state index in [2.05, 4.69) is 26.0 Å². The Balaban J connectivity index is 2.12. The molecule has 2 rings (SSSR count). The third-order valence-electron chi connectivity index (χ3n) is 4.22. The first-order valence-electron chi connectivity index (χ1n) is 7.57. The summed E-state index contributed by atoms with van der Waals surface area (Å²) in [4.78, 5) is 0. The fourth-order valence-corrected chi connectivity index (χ4v) is 3.12. The van der Waals surface area contributed by atoms with Gasteiger partial charge < -0.3 is 14.2 Å². The van der Waals surface area contributed by atoms with Crippen LogP contribution in [0.15, 0.2) is 18.2 Å². The van der Waals surface area contributed by atoms with Crippen molar-refractivity contribution in [2.45, 2.75) is 57.7 Å². The molecule has 0 spiro atoms. The average Bonchev–Trinajstić information content (AvgIpc) is 2.47. The largest absolute Gasteiger partial charge is 0.493 e. The van der Waals surface area contributed by atoms with Gasteiger partial charge in [0.25, 0.3) is 0 Å². The van der Waals surface area contributed by atoms with Crippen LogP contribution in [0.4, 0.5) is 0 Å². The van der Waals surface area contributed by atoms with Gasteiger partial charge in [0.05, 0.1) is 26.4 Å². The lowest BCUT2D eigenvalue weighted by Gasteiger charge is -2.35. The summed E-state index contributed by atoms with van der Waals surface area (Å²) in [6.07, 6.45) is 5.39. The third kappa shape index (κ3) is 3.26. The molecule has 1 aromatic rings. The zero-order valence-electron chi connectivity index (χ0n) is 13.0. The molecule has 112 valence electrons. The molecule has 0 bridgehead atoms. The smallest absolute Gasteiger partial charge is 0.160 e. The maximum absolute atomic E-state index is 6.15.